The van der Waals surface area contributed by atoms with Gasteiger partial charge >= 0.3 is 0 Å². The van der Waals surface area contributed by atoms with Crippen molar-refractivity contribution in [2.24, 2.45) is 5.92 Å². The number of ether oxygens (including phenoxy) is 1. The van der Waals surface area contributed by atoms with Crippen LogP contribution in [0.3, 0.4) is 0 Å². The summed E-state index contributed by atoms with van der Waals surface area (Å²) in [4.78, 5) is 13.9. The van der Waals surface area contributed by atoms with Gasteiger partial charge in [-0.25, -0.2) is 0 Å². The molecule has 94 valence electrons. The van der Waals surface area contributed by atoms with E-state index in [4.69, 9.17) is 4.74 Å². The Bertz CT molecular complexity index is 233. The highest BCUT2D eigenvalue weighted by atomic mass is 16.5. The van der Waals surface area contributed by atoms with Crippen molar-refractivity contribution >= 4 is 5.91 Å². The molecular formula is C12H24N2O2. The maximum atomic E-state index is 11.5. The van der Waals surface area contributed by atoms with Crippen molar-refractivity contribution in [3.8, 4) is 0 Å². The molecule has 4 nitrogen and oxygen atoms in total. The van der Waals surface area contributed by atoms with E-state index in [9.17, 15) is 4.79 Å². The molecule has 16 heavy (non-hydrogen) atoms. The fourth-order valence-corrected chi connectivity index (χ4v) is 1.79. The van der Waals surface area contributed by atoms with Gasteiger partial charge in [-0.1, -0.05) is 13.8 Å². The Hall–Kier alpha value is -0.610. The maximum absolute atomic E-state index is 11.5. The van der Waals surface area contributed by atoms with Gasteiger partial charge in [-0.2, -0.15) is 0 Å². The Kier molecular flexibility index (Phi) is 4.74. The molecule has 1 saturated heterocycles. The summed E-state index contributed by atoms with van der Waals surface area (Å²) in [5.41, 5.74) is 0.00826. The van der Waals surface area contributed by atoms with Gasteiger partial charge in [0.2, 0.25) is 5.91 Å². The number of carbonyl (C=O) groups excluding carboxylic acids is 1. The lowest BCUT2D eigenvalue weighted by atomic mass is 10.0. The monoisotopic (exact) mass is 228 g/mol. The molecule has 0 radical (unpaired) electrons. The van der Waals surface area contributed by atoms with Crippen LogP contribution in [-0.2, 0) is 9.53 Å². The molecule has 1 rings (SSSR count). The first-order chi connectivity index (χ1) is 7.43. The van der Waals surface area contributed by atoms with Crippen molar-refractivity contribution in [2.75, 3.05) is 32.8 Å². The van der Waals surface area contributed by atoms with E-state index in [-0.39, 0.29) is 17.4 Å². The van der Waals surface area contributed by atoms with Gasteiger partial charge in [-0.05, 0) is 13.8 Å². The van der Waals surface area contributed by atoms with E-state index in [2.05, 4.69) is 24.1 Å². The van der Waals surface area contributed by atoms with Crippen molar-refractivity contribution in [2.45, 2.75) is 33.2 Å². The molecule has 0 bridgehead atoms. The van der Waals surface area contributed by atoms with Crippen molar-refractivity contribution in [1.29, 1.82) is 0 Å². The fourth-order valence-electron chi connectivity index (χ4n) is 1.79. The summed E-state index contributed by atoms with van der Waals surface area (Å²) < 4.78 is 5.33. The highest BCUT2D eigenvalue weighted by Crippen LogP contribution is 2.15. The van der Waals surface area contributed by atoms with Crippen LogP contribution in [0.4, 0.5) is 0 Å². The summed E-state index contributed by atoms with van der Waals surface area (Å²) in [6, 6.07) is 0. The third-order valence-electron chi connectivity index (χ3n) is 3.09. The summed E-state index contributed by atoms with van der Waals surface area (Å²) in [6.07, 6.45) is 0. The number of nitrogens with one attached hydrogen (secondary N) is 1. The summed E-state index contributed by atoms with van der Waals surface area (Å²) in [7, 11) is 0. The Morgan fingerprint density at radius 3 is 2.44 bits per heavy atom. The van der Waals surface area contributed by atoms with Gasteiger partial charge in [-0.3, -0.25) is 9.69 Å². The second-order valence-corrected chi connectivity index (χ2v) is 5.28. The lowest BCUT2D eigenvalue weighted by Gasteiger charge is -2.41. The van der Waals surface area contributed by atoms with Gasteiger partial charge in [0.05, 0.1) is 13.2 Å². The van der Waals surface area contributed by atoms with E-state index >= 15 is 0 Å². The van der Waals surface area contributed by atoms with Crippen molar-refractivity contribution < 1.29 is 9.53 Å². The summed E-state index contributed by atoms with van der Waals surface area (Å²) in [5.74, 6) is 0.182. The summed E-state index contributed by atoms with van der Waals surface area (Å²) in [6.45, 7) is 12.3. The third-order valence-corrected chi connectivity index (χ3v) is 3.09. The number of nitrogens with zero attached hydrogens (tertiary/aromatic N) is 1. The number of morpholine rings is 1. The zero-order chi connectivity index (χ0) is 12.2. The number of amides is 1. The van der Waals surface area contributed by atoms with E-state index < -0.39 is 0 Å². The van der Waals surface area contributed by atoms with Crippen LogP contribution < -0.4 is 5.32 Å². The number of hydrogen-bond acceptors (Lipinski definition) is 3. The first-order valence-corrected chi connectivity index (χ1v) is 6.04. The van der Waals surface area contributed by atoms with Gasteiger partial charge in [0.25, 0.3) is 0 Å². The second-order valence-electron chi connectivity index (χ2n) is 5.28. The number of carbonyl (C=O) groups is 1. The number of rotatable bonds is 4. The molecule has 0 aliphatic carbocycles. The largest absolute Gasteiger partial charge is 0.379 e. The maximum Gasteiger partial charge on any atom is 0.222 e. The van der Waals surface area contributed by atoms with Gasteiger partial charge in [0.15, 0.2) is 0 Å². The minimum Gasteiger partial charge on any atom is -0.379 e. The minimum absolute atomic E-state index is 0.00826. The van der Waals surface area contributed by atoms with E-state index in [1.54, 1.807) is 0 Å². The second kappa shape index (κ2) is 5.64. The molecule has 1 amide bonds. The molecule has 4 heteroatoms. The number of hydrogen-bond donors (Lipinski definition) is 1. The van der Waals surface area contributed by atoms with E-state index in [1.807, 2.05) is 13.8 Å². The smallest absolute Gasteiger partial charge is 0.222 e. The van der Waals surface area contributed by atoms with Crippen molar-refractivity contribution in [3.63, 3.8) is 0 Å². The summed E-state index contributed by atoms with van der Waals surface area (Å²) in [5, 5.41) is 3.00. The lowest BCUT2D eigenvalue weighted by Crippen LogP contribution is -2.55. The van der Waals surface area contributed by atoms with Crippen molar-refractivity contribution in [1.82, 2.24) is 10.2 Å². The van der Waals surface area contributed by atoms with Crippen LogP contribution in [0.15, 0.2) is 0 Å². The molecule has 0 aromatic rings. The quantitative estimate of drug-likeness (QED) is 0.776. The average Bonchev–Trinajstić information content (AvgIpc) is 2.27. The fraction of sp³-hybridized carbons (Fsp3) is 0.917. The Balaban J connectivity index is 2.40. The third kappa shape index (κ3) is 3.76. The normalized spacial score (nSPS) is 18.8. The molecule has 1 heterocycles. The van der Waals surface area contributed by atoms with Crippen LogP contribution in [-0.4, -0.2) is 49.2 Å². The molecule has 1 N–H and O–H groups in total. The molecule has 0 aromatic carbocycles. The molecule has 0 spiro atoms. The minimum atomic E-state index is 0.00826. The predicted molar refractivity (Wildman–Crippen MR) is 64.3 cm³/mol. The average molecular weight is 228 g/mol. The zero-order valence-corrected chi connectivity index (χ0v) is 10.9. The SMILES string of the molecule is CC(C)C(=O)NCC(C)(C)N1CCOCC1. The molecule has 1 aliphatic heterocycles. The first-order valence-electron chi connectivity index (χ1n) is 6.04. The highest BCUT2D eigenvalue weighted by molar-refractivity contribution is 5.77. The topological polar surface area (TPSA) is 41.6 Å². The highest BCUT2D eigenvalue weighted by Gasteiger charge is 2.28. The Labute approximate surface area is 98.3 Å². The van der Waals surface area contributed by atoms with Crippen LogP contribution in [0.2, 0.25) is 0 Å². The summed E-state index contributed by atoms with van der Waals surface area (Å²) >= 11 is 0. The van der Waals surface area contributed by atoms with Gasteiger partial charge in [0, 0.05) is 31.1 Å². The van der Waals surface area contributed by atoms with Crippen LogP contribution >= 0.6 is 0 Å². The molecule has 0 saturated carbocycles. The van der Waals surface area contributed by atoms with Crippen LogP contribution in [0.25, 0.3) is 0 Å². The van der Waals surface area contributed by atoms with Crippen molar-refractivity contribution in [3.05, 3.63) is 0 Å². The molecule has 1 aliphatic rings. The predicted octanol–water partition coefficient (Wildman–Crippen LogP) is 0.869. The first kappa shape index (κ1) is 13.5. The van der Waals surface area contributed by atoms with Crippen LogP contribution in [0.5, 0.6) is 0 Å². The molecule has 0 atom stereocenters. The molecule has 0 unspecified atom stereocenters. The molecule has 1 fully saturated rings. The van der Waals surface area contributed by atoms with E-state index in [0.717, 1.165) is 26.3 Å². The van der Waals surface area contributed by atoms with Crippen LogP contribution in [0.1, 0.15) is 27.7 Å². The Morgan fingerprint density at radius 2 is 1.94 bits per heavy atom. The standard InChI is InChI=1S/C12H24N2O2/c1-10(2)11(15)13-9-12(3,4)14-5-7-16-8-6-14/h10H,5-9H2,1-4H3,(H,13,15). The molecule has 0 aromatic heterocycles. The van der Waals surface area contributed by atoms with E-state index in [0.29, 0.717) is 6.54 Å². The lowest BCUT2D eigenvalue weighted by molar-refractivity contribution is -0.124. The van der Waals surface area contributed by atoms with Gasteiger partial charge < -0.3 is 10.1 Å². The molecular weight excluding hydrogens is 204 g/mol. The Morgan fingerprint density at radius 1 is 1.38 bits per heavy atom. The van der Waals surface area contributed by atoms with Gasteiger partial charge in [0.1, 0.15) is 0 Å². The zero-order valence-electron chi connectivity index (χ0n) is 10.9. The van der Waals surface area contributed by atoms with E-state index in [1.165, 1.54) is 0 Å². The van der Waals surface area contributed by atoms with Gasteiger partial charge in [-0.15, -0.1) is 0 Å². The van der Waals surface area contributed by atoms with Crippen LogP contribution in [0, 0.1) is 5.92 Å².